The van der Waals surface area contributed by atoms with Gasteiger partial charge in [-0.05, 0) is 38.2 Å². The molecule has 1 fully saturated rings. The number of hydrogen-bond acceptors (Lipinski definition) is 4. The summed E-state index contributed by atoms with van der Waals surface area (Å²) >= 11 is 1.73. The molecule has 4 heteroatoms. The second-order valence-corrected chi connectivity index (χ2v) is 6.29. The SMILES string of the molecule is Cc1cc2c(NC3CCC(C)C3)ncnc2s1. The summed E-state index contributed by atoms with van der Waals surface area (Å²) in [6.07, 6.45) is 5.51. The van der Waals surface area contributed by atoms with Crippen LogP contribution < -0.4 is 5.32 Å². The average Bonchev–Trinajstić information content (AvgIpc) is 2.84. The molecular formula is C13H17N3S. The van der Waals surface area contributed by atoms with Crippen LogP contribution >= 0.6 is 11.3 Å². The third kappa shape index (κ3) is 2.14. The molecule has 2 unspecified atom stereocenters. The first-order valence-corrected chi connectivity index (χ1v) is 7.01. The number of fused-ring (bicyclic) bond motifs is 1. The highest BCUT2D eigenvalue weighted by Crippen LogP contribution is 2.31. The molecule has 0 amide bonds. The fraction of sp³-hybridized carbons (Fsp3) is 0.538. The van der Waals surface area contributed by atoms with E-state index >= 15 is 0 Å². The Morgan fingerprint density at radius 1 is 1.35 bits per heavy atom. The van der Waals surface area contributed by atoms with Gasteiger partial charge in [-0.2, -0.15) is 0 Å². The van der Waals surface area contributed by atoms with E-state index in [1.807, 2.05) is 0 Å². The van der Waals surface area contributed by atoms with Crippen molar-refractivity contribution >= 4 is 27.4 Å². The highest BCUT2D eigenvalue weighted by molar-refractivity contribution is 7.18. The lowest BCUT2D eigenvalue weighted by atomic mass is 10.1. The maximum atomic E-state index is 4.39. The van der Waals surface area contributed by atoms with Crippen molar-refractivity contribution in [2.24, 2.45) is 5.92 Å². The normalized spacial score (nSPS) is 24.4. The second-order valence-electron chi connectivity index (χ2n) is 5.06. The number of rotatable bonds is 2. The van der Waals surface area contributed by atoms with Crippen LogP contribution in [0.2, 0.25) is 0 Å². The molecule has 2 heterocycles. The fourth-order valence-electron chi connectivity index (χ4n) is 2.62. The van der Waals surface area contributed by atoms with E-state index in [2.05, 4.69) is 35.2 Å². The van der Waals surface area contributed by atoms with Gasteiger partial charge in [0, 0.05) is 10.9 Å². The Kier molecular flexibility index (Phi) is 2.74. The highest BCUT2D eigenvalue weighted by atomic mass is 32.1. The van der Waals surface area contributed by atoms with E-state index in [4.69, 9.17) is 0 Å². The minimum absolute atomic E-state index is 0.586. The Morgan fingerprint density at radius 2 is 2.24 bits per heavy atom. The first-order valence-electron chi connectivity index (χ1n) is 6.20. The average molecular weight is 247 g/mol. The van der Waals surface area contributed by atoms with Crippen LogP contribution in [0.5, 0.6) is 0 Å². The molecule has 3 nitrogen and oxygen atoms in total. The number of aromatic nitrogens is 2. The molecule has 0 aromatic carbocycles. The summed E-state index contributed by atoms with van der Waals surface area (Å²) in [4.78, 5) is 11.1. The Morgan fingerprint density at radius 3 is 3.00 bits per heavy atom. The van der Waals surface area contributed by atoms with Gasteiger partial charge in [-0.25, -0.2) is 9.97 Å². The molecule has 0 spiro atoms. The number of thiophene rings is 1. The minimum atomic E-state index is 0.586. The maximum absolute atomic E-state index is 4.39. The first-order chi connectivity index (χ1) is 8.22. The van der Waals surface area contributed by atoms with Crippen molar-refractivity contribution in [1.29, 1.82) is 0 Å². The van der Waals surface area contributed by atoms with Gasteiger partial charge in [-0.3, -0.25) is 0 Å². The molecule has 17 heavy (non-hydrogen) atoms. The van der Waals surface area contributed by atoms with Gasteiger partial charge in [0.05, 0.1) is 5.39 Å². The molecule has 2 atom stereocenters. The van der Waals surface area contributed by atoms with Crippen molar-refractivity contribution in [1.82, 2.24) is 9.97 Å². The molecule has 1 aliphatic carbocycles. The summed E-state index contributed by atoms with van der Waals surface area (Å²) in [5.41, 5.74) is 0. The van der Waals surface area contributed by atoms with Crippen molar-refractivity contribution < 1.29 is 0 Å². The zero-order valence-corrected chi connectivity index (χ0v) is 11.0. The smallest absolute Gasteiger partial charge is 0.138 e. The van der Waals surface area contributed by atoms with Gasteiger partial charge in [0.1, 0.15) is 17.0 Å². The third-order valence-electron chi connectivity index (χ3n) is 3.49. The molecule has 90 valence electrons. The van der Waals surface area contributed by atoms with Crippen LogP contribution in [0.1, 0.15) is 31.1 Å². The standard InChI is InChI=1S/C13H17N3S/c1-8-3-4-10(5-8)16-12-11-6-9(2)17-13(11)15-7-14-12/h6-8,10H,3-5H2,1-2H3,(H,14,15,16). The van der Waals surface area contributed by atoms with Crippen LogP contribution in [-0.2, 0) is 0 Å². The summed E-state index contributed by atoms with van der Waals surface area (Å²) < 4.78 is 0. The molecule has 0 bridgehead atoms. The minimum Gasteiger partial charge on any atom is -0.367 e. The van der Waals surface area contributed by atoms with Crippen LogP contribution in [0.4, 0.5) is 5.82 Å². The van der Waals surface area contributed by atoms with E-state index in [1.54, 1.807) is 17.7 Å². The van der Waals surface area contributed by atoms with E-state index < -0.39 is 0 Å². The van der Waals surface area contributed by atoms with Crippen molar-refractivity contribution in [3.8, 4) is 0 Å². The Labute approximate surface area is 105 Å². The van der Waals surface area contributed by atoms with Gasteiger partial charge in [-0.15, -0.1) is 11.3 Å². The van der Waals surface area contributed by atoms with E-state index in [9.17, 15) is 0 Å². The molecule has 0 saturated heterocycles. The molecule has 3 rings (SSSR count). The van der Waals surface area contributed by atoms with Gasteiger partial charge < -0.3 is 5.32 Å². The Balaban J connectivity index is 1.89. The molecule has 0 aliphatic heterocycles. The number of nitrogens with zero attached hydrogens (tertiary/aromatic N) is 2. The van der Waals surface area contributed by atoms with Crippen molar-refractivity contribution in [2.75, 3.05) is 5.32 Å². The lowest BCUT2D eigenvalue weighted by Gasteiger charge is -2.13. The molecular weight excluding hydrogens is 230 g/mol. The summed E-state index contributed by atoms with van der Waals surface area (Å²) in [7, 11) is 0. The van der Waals surface area contributed by atoms with Crippen LogP contribution in [0, 0.1) is 12.8 Å². The van der Waals surface area contributed by atoms with Crippen LogP contribution in [0.3, 0.4) is 0 Å². The van der Waals surface area contributed by atoms with E-state index in [0.29, 0.717) is 6.04 Å². The quantitative estimate of drug-likeness (QED) is 0.881. The van der Waals surface area contributed by atoms with Gasteiger partial charge >= 0.3 is 0 Å². The number of hydrogen-bond donors (Lipinski definition) is 1. The van der Waals surface area contributed by atoms with Crippen molar-refractivity contribution in [3.63, 3.8) is 0 Å². The highest BCUT2D eigenvalue weighted by Gasteiger charge is 2.22. The van der Waals surface area contributed by atoms with E-state index in [0.717, 1.165) is 16.6 Å². The molecule has 0 radical (unpaired) electrons. The number of aryl methyl sites for hydroxylation is 1. The molecule has 2 aromatic heterocycles. The summed E-state index contributed by atoms with van der Waals surface area (Å²) in [5.74, 6) is 1.85. The summed E-state index contributed by atoms with van der Waals surface area (Å²) in [6, 6.07) is 2.77. The summed E-state index contributed by atoms with van der Waals surface area (Å²) in [6.45, 7) is 4.44. The largest absolute Gasteiger partial charge is 0.367 e. The predicted octanol–water partition coefficient (Wildman–Crippen LogP) is 3.60. The Bertz CT molecular complexity index is 534. The molecule has 1 N–H and O–H groups in total. The topological polar surface area (TPSA) is 37.8 Å². The Hall–Kier alpha value is -1.16. The number of anilines is 1. The van der Waals surface area contributed by atoms with Crippen molar-refractivity contribution in [3.05, 3.63) is 17.3 Å². The lowest BCUT2D eigenvalue weighted by Crippen LogP contribution is -2.16. The fourth-order valence-corrected chi connectivity index (χ4v) is 3.47. The zero-order valence-electron chi connectivity index (χ0n) is 10.2. The summed E-state index contributed by atoms with van der Waals surface area (Å²) in [5, 5.41) is 4.76. The second kappa shape index (κ2) is 4.26. The number of nitrogens with one attached hydrogen (secondary N) is 1. The maximum Gasteiger partial charge on any atom is 0.138 e. The van der Waals surface area contributed by atoms with Gasteiger partial charge in [0.2, 0.25) is 0 Å². The van der Waals surface area contributed by atoms with Gasteiger partial charge in [0.25, 0.3) is 0 Å². The lowest BCUT2D eigenvalue weighted by molar-refractivity contribution is 0.602. The predicted molar refractivity (Wildman–Crippen MR) is 72.6 cm³/mol. The molecule has 1 saturated carbocycles. The van der Waals surface area contributed by atoms with E-state index in [1.165, 1.54) is 29.5 Å². The van der Waals surface area contributed by atoms with Crippen LogP contribution in [-0.4, -0.2) is 16.0 Å². The monoisotopic (exact) mass is 247 g/mol. The third-order valence-corrected chi connectivity index (χ3v) is 4.45. The van der Waals surface area contributed by atoms with E-state index in [-0.39, 0.29) is 0 Å². The van der Waals surface area contributed by atoms with Gasteiger partial charge in [0.15, 0.2) is 0 Å². The van der Waals surface area contributed by atoms with Crippen LogP contribution in [0.15, 0.2) is 12.4 Å². The van der Waals surface area contributed by atoms with Gasteiger partial charge in [-0.1, -0.05) is 6.92 Å². The van der Waals surface area contributed by atoms with Crippen LogP contribution in [0.25, 0.3) is 10.2 Å². The zero-order chi connectivity index (χ0) is 11.8. The molecule has 1 aliphatic rings. The first kappa shape index (κ1) is 11.0. The molecule has 2 aromatic rings. The van der Waals surface area contributed by atoms with Crippen molar-refractivity contribution in [2.45, 2.75) is 39.2 Å².